The molecule has 1 aliphatic rings. The van der Waals surface area contributed by atoms with Gasteiger partial charge in [0.2, 0.25) is 0 Å². The van der Waals surface area contributed by atoms with Crippen LogP contribution in [0, 0.1) is 0 Å². The summed E-state index contributed by atoms with van der Waals surface area (Å²) >= 11 is 0. The second-order valence-corrected chi connectivity index (χ2v) is 7.39. The lowest BCUT2D eigenvalue weighted by molar-refractivity contribution is 0.0411. The summed E-state index contributed by atoms with van der Waals surface area (Å²) in [5.41, 5.74) is 3.86. The Morgan fingerprint density at radius 1 is 0.786 bits per heavy atom. The molecule has 0 saturated carbocycles. The molecule has 138 valence electrons. The van der Waals surface area contributed by atoms with Crippen molar-refractivity contribution in [1.82, 2.24) is 4.90 Å². The first-order valence-electron chi connectivity index (χ1n) is 9.83. The smallest absolute Gasteiger partial charge is 0.143 e. The van der Waals surface area contributed by atoms with Crippen molar-refractivity contribution in [3.8, 4) is 5.75 Å². The number of nitrogens with zero attached hydrogens (tertiary/aromatic N) is 1. The van der Waals surface area contributed by atoms with Gasteiger partial charge in [0.05, 0.1) is 6.04 Å². The van der Waals surface area contributed by atoms with Gasteiger partial charge in [-0.1, -0.05) is 91.0 Å². The monoisotopic (exact) mass is 365 g/mol. The van der Waals surface area contributed by atoms with Crippen molar-refractivity contribution in [3.63, 3.8) is 0 Å². The Morgan fingerprint density at radius 3 is 2.25 bits per heavy atom. The topological polar surface area (TPSA) is 12.5 Å². The maximum atomic E-state index is 6.26. The third-order valence-electron chi connectivity index (χ3n) is 5.80. The lowest BCUT2D eigenvalue weighted by Gasteiger charge is -2.41. The Balaban J connectivity index is 1.71. The molecule has 5 rings (SSSR count). The zero-order chi connectivity index (χ0) is 18.9. The summed E-state index contributed by atoms with van der Waals surface area (Å²) in [6, 6.07) is 34.7. The van der Waals surface area contributed by atoms with E-state index in [-0.39, 0.29) is 12.1 Å². The molecule has 2 nitrogen and oxygen atoms in total. The van der Waals surface area contributed by atoms with Crippen LogP contribution in [-0.2, 0) is 0 Å². The van der Waals surface area contributed by atoms with E-state index in [1.165, 1.54) is 27.5 Å². The van der Waals surface area contributed by atoms with E-state index < -0.39 is 0 Å². The number of rotatable bonds is 3. The summed E-state index contributed by atoms with van der Waals surface area (Å²) in [7, 11) is 0. The van der Waals surface area contributed by atoms with Gasteiger partial charge >= 0.3 is 0 Å². The van der Waals surface area contributed by atoms with E-state index in [4.69, 9.17) is 4.74 Å². The second kappa shape index (κ2) is 7.14. The minimum atomic E-state index is 0.145. The van der Waals surface area contributed by atoms with Gasteiger partial charge in [0.25, 0.3) is 0 Å². The van der Waals surface area contributed by atoms with E-state index >= 15 is 0 Å². The molecule has 0 bridgehead atoms. The van der Waals surface area contributed by atoms with Crippen LogP contribution >= 0.6 is 0 Å². The third kappa shape index (κ3) is 2.87. The lowest BCUT2D eigenvalue weighted by atomic mass is 9.89. The van der Waals surface area contributed by atoms with Gasteiger partial charge in [-0.2, -0.15) is 0 Å². The van der Waals surface area contributed by atoms with E-state index in [1.807, 2.05) is 0 Å². The standard InChI is InChI=1S/C26H23NO/c1-19(20-10-4-2-5-11-20)27-18-28-24-17-16-21-12-8-9-15-23(21)25(24)26(27)22-13-6-3-7-14-22/h2-17,19,26H,18H2,1H3/t19-,26+/m1/s1. The maximum absolute atomic E-state index is 6.26. The fraction of sp³-hybridized carbons (Fsp3) is 0.154. The average Bonchev–Trinajstić information content (AvgIpc) is 2.79. The van der Waals surface area contributed by atoms with Gasteiger partial charge in [-0.15, -0.1) is 0 Å². The van der Waals surface area contributed by atoms with Crippen LogP contribution in [0.1, 0.15) is 35.7 Å². The lowest BCUT2D eigenvalue weighted by Crippen LogP contribution is -2.39. The maximum Gasteiger partial charge on any atom is 0.143 e. The number of hydrogen-bond acceptors (Lipinski definition) is 2. The average molecular weight is 365 g/mol. The molecule has 0 radical (unpaired) electrons. The van der Waals surface area contributed by atoms with Crippen molar-refractivity contribution in [2.45, 2.75) is 19.0 Å². The highest BCUT2D eigenvalue weighted by molar-refractivity contribution is 5.89. The fourth-order valence-corrected chi connectivity index (χ4v) is 4.32. The molecule has 0 N–H and O–H groups in total. The molecule has 1 heterocycles. The largest absolute Gasteiger partial charge is 0.478 e. The van der Waals surface area contributed by atoms with Gasteiger partial charge < -0.3 is 4.74 Å². The highest BCUT2D eigenvalue weighted by Gasteiger charge is 2.34. The number of fused-ring (bicyclic) bond motifs is 3. The molecule has 0 unspecified atom stereocenters. The molecule has 0 amide bonds. The van der Waals surface area contributed by atoms with Gasteiger partial charge in [-0.25, -0.2) is 0 Å². The summed E-state index contributed by atoms with van der Waals surface area (Å²) in [5.74, 6) is 0.990. The number of hydrogen-bond donors (Lipinski definition) is 0. The van der Waals surface area contributed by atoms with E-state index in [1.54, 1.807) is 0 Å². The van der Waals surface area contributed by atoms with Gasteiger partial charge in [0, 0.05) is 11.6 Å². The molecule has 0 aliphatic carbocycles. The van der Waals surface area contributed by atoms with Crippen LogP contribution in [0.2, 0.25) is 0 Å². The minimum absolute atomic E-state index is 0.145. The van der Waals surface area contributed by atoms with Gasteiger partial charge in [0.15, 0.2) is 0 Å². The third-order valence-corrected chi connectivity index (χ3v) is 5.80. The SMILES string of the molecule is C[C@H](c1ccccc1)N1COc2ccc3ccccc3c2[C@@H]1c1ccccc1. The van der Waals surface area contributed by atoms with E-state index in [9.17, 15) is 0 Å². The zero-order valence-corrected chi connectivity index (χ0v) is 16.0. The van der Waals surface area contributed by atoms with Crippen LogP contribution in [0.25, 0.3) is 10.8 Å². The van der Waals surface area contributed by atoms with Gasteiger partial charge in [-0.3, -0.25) is 4.90 Å². The van der Waals surface area contributed by atoms with Crippen LogP contribution in [-0.4, -0.2) is 11.6 Å². The fourth-order valence-electron chi connectivity index (χ4n) is 4.32. The molecule has 28 heavy (non-hydrogen) atoms. The second-order valence-electron chi connectivity index (χ2n) is 7.39. The molecule has 0 spiro atoms. The summed E-state index contributed by atoms with van der Waals surface area (Å²) < 4.78 is 6.26. The summed E-state index contributed by atoms with van der Waals surface area (Å²) in [6.07, 6.45) is 0. The van der Waals surface area contributed by atoms with Crippen LogP contribution in [0.3, 0.4) is 0 Å². The molecule has 4 aromatic carbocycles. The highest BCUT2D eigenvalue weighted by Crippen LogP contribution is 2.45. The Labute approximate surface area is 166 Å². The summed E-state index contributed by atoms with van der Waals surface area (Å²) in [4.78, 5) is 2.46. The Kier molecular flexibility index (Phi) is 4.34. The highest BCUT2D eigenvalue weighted by atomic mass is 16.5. The van der Waals surface area contributed by atoms with E-state index in [0.717, 1.165) is 5.75 Å². The van der Waals surface area contributed by atoms with Crippen LogP contribution < -0.4 is 4.74 Å². The van der Waals surface area contributed by atoms with E-state index in [2.05, 4.69) is 109 Å². The van der Waals surface area contributed by atoms with Crippen LogP contribution in [0.15, 0.2) is 97.1 Å². The molecule has 4 aromatic rings. The molecular weight excluding hydrogens is 342 g/mol. The minimum Gasteiger partial charge on any atom is -0.478 e. The van der Waals surface area contributed by atoms with Crippen molar-refractivity contribution >= 4 is 10.8 Å². The predicted molar refractivity (Wildman–Crippen MR) is 114 cm³/mol. The van der Waals surface area contributed by atoms with Crippen molar-refractivity contribution in [2.75, 3.05) is 6.73 Å². The molecule has 2 atom stereocenters. The first-order chi connectivity index (χ1) is 13.8. The summed E-state index contributed by atoms with van der Waals surface area (Å²) in [6.45, 7) is 2.84. The Bertz CT molecular complexity index is 1090. The molecule has 0 aromatic heterocycles. The van der Waals surface area contributed by atoms with Gasteiger partial charge in [0.1, 0.15) is 12.5 Å². The van der Waals surface area contributed by atoms with Gasteiger partial charge in [-0.05, 0) is 34.9 Å². The molecular formula is C26H23NO. The first-order valence-corrected chi connectivity index (χ1v) is 9.83. The molecule has 0 saturated heterocycles. The van der Waals surface area contributed by atoms with Crippen molar-refractivity contribution in [3.05, 3.63) is 114 Å². The molecule has 1 aliphatic heterocycles. The van der Waals surface area contributed by atoms with Crippen LogP contribution in [0.4, 0.5) is 0 Å². The normalized spacial score (nSPS) is 17.7. The van der Waals surface area contributed by atoms with Crippen LogP contribution in [0.5, 0.6) is 5.75 Å². The van der Waals surface area contributed by atoms with Crippen molar-refractivity contribution < 1.29 is 4.74 Å². The van der Waals surface area contributed by atoms with Crippen molar-refractivity contribution in [2.24, 2.45) is 0 Å². The van der Waals surface area contributed by atoms with E-state index in [0.29, 0.717) is 6.73 Å². The molecule has 2 heteroatoms. The molecule has 0 fully saturated rings. The number of benzene rings is 4. The Hall–Kier alpha value is -3.10. The number of ether oxygens (including phenoxy) is 1. The predicted octanol–water partition coefficient (Wildman–Crippen LogP) is 6.34. The van der Waals surface area contributed by atoms with Crippen molar-refractivity contribution in [1.29, 1.82) is 0 Å². The zero-order valence-electron chi connectivity index (χ0n) is 16.0. The summed E-state index contributed by atoms with van der Waals surface area (Å²) in [5, 5.41) is 2.51. The Morgan fingerprint density at radius 2 is 1.46 bits per heavy atom. The first kappa shape index (κ1) is 17.0. The quantitative estimate of drug-likeness (QED) is 0.420.